The molecule has 2 aliphatic rings. The Balaban J connectivity index is 0.000000231. The first-order valence-electron chi connectivity index (χ1n) is 22.0. The summed E-state index contributed by atoms with van der Waals surface area (Å²) in [5.74, 6) is 6.11. The third kappa shape index (κ3) is 12.0. The van der Waals surface area contributed by atoms with E-state index in [1.165, 1.54) is 11.1 Å². The van der Waals surface area contributed by atoms with Crippen LogP contribution in [0.5, 0.6) is 0 Å². The van der Waals surface area contributed by atoms with Gasteiger partial charge in [0.05, 0.1) is 23.3 Å². The van der Waals surface area contributed by atoms with Crippen LogP contribution in [0.1, 0.15) is 141 Å². The number of carbonyl (C=O) groups is 3. The number of hydrogen-bond donors (Lipinski definition) is 3. The quantitative estimate of drug-likeness (QED) is 0.0682. The number of aromatic nitrogens is 2. The maximum Gasteiger partial charge on any atom is 0.313 e. The monoisotopic (exact) mass is 938 g/mol. The summed E-state index contributed by atoms with van der Waals surface area (Å²) in [5, 5.41) is 33.0. The highest BCUT2D eigenvalue weighted by Crippen LogP contribution is 2.33. The maximum absolute atomic E-state index is 13.5. The fraction of sp³-hybridized carbons (Fsp3) is 0.360. The van der Waals surface area contributed by atoms with E-state index in [2.05, 4.69) is 63.6 Å². The van der Waals surface area contributed by atoms with Crippen LogP contribution in [0.3, 0.4) is 0 Å². The first kappa shape index (κ1) is 49.2. The van der Waals surface area contributed by atoms with Crippen LogP contribution in [-0.4, -0.2) is 63.9 Å². The van der Waals surface area contributed by atoms with E-state index in [0.717, 1.165) is 72.8 Å². The first-order valence-corrected chi connectivity index (χ1v) is 22.8. The lowest BCUT2D eigenvalue weighted by molar-refractivity contribution is 0.0704. The molecule has 0 saturated carbocycles. The number of rotatable bonds is 10. The lowest BCUT2D eigenvalue weighted by Crippen LogP contribution is -2.38. The van der Waals surface area contributed by atoms with Gasteiger partial charge in [0.2, 0.25) is 5.89 Å². The SMILES string of the molecule is CCc1cc(CC)c(-c2nnc(N)o2)cc1C(=O)N1CCC(c2ccc(C#N)cc2)CC1.CCc1cc(CC)c(C(=O)N2CCC(c3ccc(C#N)cc3)CC2)cc1C(=O)NN.N#CBr. The molecule has 1 aromatic heterocycles. The van der Waals surface area contributed by atoms with E-state index in [9.17, 15) is 14.4 Å². The molecule has 2 aliphatic heterocycles. The van der Waals surface area contributed by atoms with Crippen molar-refractivity contribution < 1.29 is 18.8 Å². The zero-order chi connectivity index (χ0) is 47.0. The summed E-state index contributed by atoms with van der Waals surface area (Å²) in [6, 6.07) is 27.4. The molecule has 5 aromatic rings. The van der Waals surface area contributed by atoms with Crippen LogP contribution >= 0.6 is 15.9 Å². The van der Waals surface area contributed by atoms with Crippen LogP contribution in [0, 0.1) is 32.9 Å². The van der Waals surface area contributed by atoms with E-state index in [-0.39, 0.29) is 23.7 Å². The van der Waals surface area contributed by atoms with Gasteiger partial charge in [-0.25, -0.2) is 5.84 Å². The number of aryl methyl sites for hydroxylation is 4. The topological polar surface area (TPSA) is 232 Å². The summed E-state index contributed by atoms with van der Waals surface area (Å²) >= 11 is 2.45. The lowest BCUT2D eigenvalue weighted by atomic mass is 9.88. The van der Waals surface area contributed by atoms with Crippen molar-refractivity contribution in [1.29, 1.82) is 15.8 Å². The Morgan fingerprint density at radius 3 is 1.43 bits per heavy atom. The molecule has 4 aromatic carbocycles. The van der Waals surface area contributed by atoms with E-state index in [4.69, 9.17) is 31.8 Å². The number of nitrogens with two attached hydrogens (primary N) is 2. The van der Waals surface area contributed by atoms with E-state index in [0.29, 0.717) is 78.1 Å². The number of likely N-dealkylation sites (tertiary alicyclic amines) is 2. The largest absolute Gasteiger partial charge is 0.404 e. The Morgan fingerprint density at radius 1 is 0.662 bits per heavy atom. The van der Waals surface area contributed by atoms with E-state index in [1.807, 2.05) is 84.3 Å². The Bertz CT molecular complexity index is 2570. The molecule has 2 saturated heterocycles. The van der Waals surface area contributed by atoms with Crippen LogP contribution in [0.25, 0.3) is 11.5 Å². The van der Waals surface area contributed by atoms with Crippen molar-refractivity contribution in [3.63, 3.8) is 0 Å². The second-order valence-electron chi connectivity index (χ2n) is 15.9. The third-order valence-corrected chi connectivity index (χ3v) is 12.3. The van der Waals surface area contributed by atoms with E-state index < -0.39 is 0 Å². The van der Waals surface area contributed by atoms with Crippen LogP contribution in [-0.2, 0) is 25.7 Å². The van der Waals surface area contributed by atoms with Gasteiger partial charge in [-0.3, -0.25) is 19.8 Å². The maximum atomic E-state index is 13.5. The lowest BCUT2D eigenvalue weighted by Gasteiger charge is -2.33. The number of carbonyl (C=O) groups excluding carboxylic acids is 3. The van der Waals surface area contributed by atoms with Gasteiger partial charge in [-0.2, -0.15) is 15.8 Å². The van der Waals surface area contributed by atoms with Gasteiger partial charge in [-0.05, 0) is 133 Å². The molecule has 15 heteroatoms. The number of amides is 3. The first-order chi connectivity index (χ1) is 31.5. The molecule has 336 valence electrons. The van der Waals surface area contributed by atoms with E-state index in [1.54, 1.807) is 11.0 Å². The Morgan fingerprint density at radius 2 is 1.06 bits per heavy atom. The Labute approximate surface area is 389 Å². The van der Waals surface area contributed by atoms with Gasteiger partial charge < -0.3 is 20.0 Å². The number of piperidine rings is 2. The number of benzene rings is 4. The molecule has 0 aliphatic carbocycles. The van der Waals surface area contributed by atoms with Gasteiger partial charge in [0.25, 0.3) is 17.7 Å². The van der Waals surface area contributed by atoms with Gasteiger partial charge in [0.1, 0.15) is 4.98 Å². The van der Waals surface area contributed by atoms with Crippen molar-refractivity contribution in [1.82, 2.24) is 25.4 Å². The number of halogens is 1. The number of hydrazine groups is 1. The summed E-state index contributed by atoms with van der Waals surface area (Å²) in [4.78, 5) is 44.4. The molecule has 2 fully saturated rings. The standard InChI is InChI=1S/C25H27N5O2.C24H28N4O2.CBrN/c1-3-17-13-18(4-2)22(14-21(17)23-28-29-25(27)32-23)24(31)30-11-9-20(10-12-30)19-7-5-16(15-26)6-8-19;1-3-17-13-18(4-2)22(14-21(17)23(29)27-26)24(30)28-11-9-20(10-12-28)19-7-5-16(15-25)6-8-19;2-1-3/h5-8,13-14,20H,3-4,9-12H2,1-2H3,(H2,27,29);5-8,13-14,20H,3-4,9-12,26H2,1-2H3,(H,27,29);. The Hall–Kier alpha value is -6.86. The zero-order valence-electron chi connectivity index (χ0n) is 37.4. The predicted octanol–water partition coefficient (Wildman–Crippen LogP) is 8.50. The molecule has 0 spiro atoms. The van der Waals surface area contributed by atoms with Crippen LogP contribution < -0.4 is 17.0 Å². The highest BCUT2D eigenvalue weighted by Gasteiger charge is 2.29. The predicted molar refractivity (Wildman–Crippen MR) is 252 cm³/mol. The highest BCUT2D eigenvalue weighted by molar-refractivity contribution is 9.12. The molecule has 0 bridgehead atoms. The minimum Gasteiger partial charge on any atom is -0.404 e. The number of hydrogen-bond acceptors (Lipinski definition) is 11. The molecular formula is C50H55BrN10O4. The molecule has 0 unspecified atom stereocenters. The minimum absolute atomic E-state index is 0.0133. The summed E-state index contributed by atoms with van der Waals surface area (Å²) in [6.07, 6.45) is 6.53. The van der Waals surface area contributed by atoms with Crippen LogP contribution in [0.4, 0.5) is 6.01 Å². The third-order valence-electron chi connectivity index (χ3n) is 12.3. The minimum atomic E-state index is -0.372. The average Bonchev–Trinajstić information content (AvgIpc) is 3.81. The number of nitrogen functional groups attached to an aromatic ring is 2. The molecule has 65 heavy (non-hydrogen) atoms. The fourth-order valence-electron chi connectivity index (χ4n) is 8.62. The molecule has 7 rings (SSSR count). The van der Waals surface area contributed by atoms with Crippen molar-refractivity contribution in [2.45, 2.75) is 90.9 Å². The van der Waals surface area contributed by atoms with Gasteiger partial charge >= 0.3 is 6.01 Å². The van der Waals surface area contributed by atoms with Crippen molar-refractivity contribution in [2.24, 2.45) is 5.84 Å². The highest BCUT2D eigenvalue weighted by atomic mass is 79.9. The summed E-state index contributed by atoms with van der Waals surface area (Å²) in [7, 11) is 0. The van der Waals surface area contributed by atoms with Crippen molar-refractivity contribution >= 4 is 39.7 Å². The summed E-state index contributed by atoms with van der Waals surface area (Å²) in [5.41, 5.74) is 18.0. The fourth-order valence-corrected chi connectivity index (χ4v) is 8.62. The smallest absolute Gasteiger partial charge is 0.313 e. The van der Waals surface area contributed by atoms with E-state index >= 15 is 0 Å². The molecule has 14 nitrogen and oxygen atoms in total. The molecule has 5 N–H and O–H groups in total. The average molecular weight is 940 g/mol. The normalized spacial score (nSPS) is 13.8. The molecule has 3 heterocycles. The van der Waals surface area contributed by atoms with Crippen molar-refractivity contribution in [3.05, 3.63) is 134 Å². The van der Waals surface area contributed by atoms with Crippen LogP contribution in [0.2, 0.25) is 0 Å². The van der Waals surface area contributed by atoms with Crippen molar-refractivity contribution in [2.75, 3.05) is 31.9 Å². The van der Waals surface area contributed by atoms with Gasteiger partial charge in [-0.15, -0.1) is 5.10 Å². The van der Waals surface area contributed by atoms with Gasteiger partial charge in [0.15, 0.2) is 0 Å². The van der Waals surface area contributed by atoms with Crippen LogP contribution in [0.15, 0.2) is 77.2 Å². The van der Waals surface area contributed by atoms with Gasteiger partial charge in [0, 0.05) is 64.4 Å². The number of anilines is 1. The molecular weight excluding hydrogens is 885 g/mol. The second-order valence-corrected chi connectivity index (χ2v) is 16.2. The van der Waals surface area contributed by atoms with Crippen molar-refractivity contribution in [3.8, 4) is 28.6 Å². The second kappa shape index (κ2) is 23.7. The summed E-state index contributed by atoms with van der Waals surface area (Å²) < 4.78 is 5.46. The Kier molecular flexibility index (Phi) is 17.9. The molecule has 0 radical (unpaired) electrons. The number of nitriles is 3. The zero-order valence-corrected chi connectivity index (χ0v) is 39.0. The van der Waals surface area contributed by atoms with Gasteiger partial charge in [-0.1, -0.05) is 69.2 Å². The molecule has 3 amide bonds. The number of nitrogens with zero attached hydrogens (tertiary/aromatic N) is 7. The molecule has 0 atom stereocenters. The summed E-state index contributed by atoms with van der Waals surface area (Å²) in [6.45, 7) is 10.9. The number of nitrogens with one attached hydrogen (secondary N) is 1.